The summed E-state index contributed by atoms with van der Waals surface area (Å²) in [5.74, 6) is 0.812. The van der Waals surface area contributed by atoms with Crippen LogP contribution in [0.25, 0.3) is 0 Å². The number of urea groups is 1. The Morgan fingerprint density at radius 3 is 2.59 bits per heavy atom. The fourth-order valence-electron chi connectivity index (χ4n) is 2.98. The van der Waals surface area contributed by atoms with Gasteiger partial charge in [-0.2, -0.15) is 0 Å². The predicted octanol–water partition coefficient (Wildman–Crippen LogP) is 3.29. The molecule has 2 N–H and O–H groups in total. The summed E-state index contributed by atoms with van der Waals surface area (Å²) in [7, 11) is 0. The summed E-state index contributed by atoms with van der Waals surface area (Å²) in [5, 5.41) is 5.77. The number of benzene rings is 2. The van der Waals surface area contributed by atoms with Crippen LogP contribution in [-0.4, -0.2) is 45.5 Å². The van der Waals surface area contributed by atoms with Gasteiger partial charge in [0.25, 0.3) is 0 Å². The third kappa shape index (κ3) is 5.62. The minimum absolute atomic E-state index is 0.236. The number of anilines is 2. The summed E-state index contributed by atoms with van der Waals surface area (Å²) in [4.78, 5) is 14.4. The molecule has 6 heteroatoms. The fraction of sp³-hybridized carbons (Fsp3) is 0.381. The number of para-hydroxylation sites is 2. The number of carbonyl (C=O) groups excluding carboxylic acids is 1. The molecule has 0 saturated carbocycles. The number of amides is 2. The molecule has 2 aromatic carbocycles. The Bertz CT molecular complexity index is 728. The molecule has 0 bridgehead atoms. The van der Waals surface area contributed by atoms with Gasteiger partial charge in [0.1, 0.15) is 12.4 Å². The smallest absolute Gasteiger partial charge is 0.319 e. The van der Waals surface area contributed by atoms with E-state index < -0.39 is 0 Å². The Balaban J connectivity index is 1.45. The number of ether oxygens (including phenoxy) is 2. The monoisotopic (exact) mass is 369 g/mol. The summed E-state index contributed by atoms with van der Waals surface area (Å²) in [6.07, 6.45) is 1.01. The molecule has 0 aromatic heterocycles. The number of aryl methyl sites for hydroxylation is 1. The number of hydrogen-bond donors (Lipinski definition) is 2. The molecule has 0 aliphatic carbocycles. The lowest BCUT2D eigenvalue weighted by Gasteiger charge is -2.30. The van der Waals surface area contributed by atoms with Crippen LogP contribution in [0.4, 0.5) is 16.2 Å². The zero-order valence-corrected chi connectivity index (χ0v) is 15.7. The van der Waals surface area contributed by atoms with Gasteiger partial charge in [-0.25, -0.2) is 4.79 Å². The van der Waals surface area contributed by atoms with Gasteiger partial charge in [0.15, 0.2) is 0 Å². The van der Waals surface area contributed by atoms with Gasteiger partial charge < -0.3 is 25.0 Å². The van der Waals surface area contributed by atoms with E-state index in [-0.39, 0.29) is 6.03 Å². The maximum atomic E-state index is 12.2. The second-order valence-corrected chi connectivity index (χ2v) is 6.34. The van der Waals surface area contributed by atoms with Crippen molar-refractivity contribution in [3.63, 3.8) is 0 Å². The van der Waals surface area contributed by atoms with Gasteiger partial charge in [0.05, 0.1) is 31.1 Å². The molecule has 1 aliphatic rings. The van der Waals surface area contributed by atoms with E-state index >= 15 is 0 Å². The van der Waals surface area contributed by atoms with Crippen LogP contribution >= 0.6 is 0 Å². The molecule has 2 aromatic rings. The zero-order valence-electron chi connectivity index (χ0n) is 15.7. The van der Waals surface area contributed by atoms with Crippen LogP contribution in [0, 0.1) is 0 Å². The largest absolute Gasteiger partial charge is 0.492 e. The number of nitrogens with one attached hydrogen (secondary N) is 2. The minimum atomic E-state index is -0.236. The average Bonchev–Trinajstić information content (AvgIpc) is 2.73. The topological polar surface area (TPSA) is 62.8 Å². The SMILES string of the molecule is CCc1ccc(OCCNC(=O)Nc2ccccc2N2CCOCC2)cc1. The zero-order chi connectivity index (χ0) is 18.9. The predicted molar refractivity (Wildman–Crippen MR) is 108 cm³/mol. The van der Waals surface area contributed by atoms with Crippen molar-refractivity contribution in [2.24, 2.45) is 0 Å². The van der Waals surface area contributed by atoms with Crippen LogP contribution in [0.2, 0.25) is 0 Å². The number of morpholine rings is 1. The molecule has 144 valence electrons. The first-order valence-corrected chi connectivity index (χ1v) is 9.44. The molecular formula is C21H27N3O3. The Morgan fingerprint density at radius 2 is 1.85 bits per heavy atom. The molecule has 1 saturated heterocycles. The van der Waals surface area contributed by atoms with Crippen molar-refractivity contribution >= 4 is 17.4 Å². The van der Waals surface area contributed by atoms with Crippen molar-refractivity contribution in [3.8, 4) is 5.75 Å². The van der Waals surface area contributed by atoms with Gasteiger partial charge in [-0.15, -0.1) is 0 Å². The fourth-order valence-corrected chi connectivity index (χ4v) is 2.98. The van der Waals surface area contributed by atoms with Crippen molar-refractivity contribution in [2.75, 3.05) is 49.7 Å². The molecule has 0 spiro atoms. The lowest BCUT2D eigenvalue weighted by Crippen LogP contribution is -2.37. The van der Waals surface area contributed by atoms with Crippen molar-refractivity contribution in [3.05, 3.63) is 54.1 Å². The van der Waals surface area contributed by atoms with Crippen LogP contribution in [0.5, 0.6) is 5.75 Å². The first-order valence-electron chi connectivity index (χ1n) is 9.44. The lowest BCUT2D eigenvalue weighted by molar-refractivity contribution is 0.123. The summed E-state index contributed by atoms with van der Waals surface area (Å²) < 4.78 is 11.1. The summed E-state index contributed by atoms with van der Waals surface area (Å²) in [5.41, 5.74) is 3.09. The highest BCUT2D eigenvalue weighted by Crippen LogP contribution is 2.26. The van der Waals surface area contributed by atoms with E-state index in [9.17, 15) is 4.79 Å². The Kier molecular flexibility index (Phi) is 6.93. The van der Waals surface area contributed by atoms with Gasteiger partial charge in [-0.3, -0.25) is 0 Å². The molecule has 0 radical (unpaired) electrons. The van der Waals surface area contributed by atoms with Gasteiger partial charge in [0, 0.05) is 13.1 Å². The van der Waals surface area contributed by atoms with E-state index in [1.807, 2.05) is 36.4 Å². The number of hydrogen-bond acceptors (Lipinski definition) is 4. The van der Waals surface area contributed by atoms with E-state index in [0.717, 1.165) is 36.6 Å². The second kappa shape index (κ2) is 9.83. The Morgan fingerprint density at radius 1 is 1.11 bits per heavy atom. The van der Waals surface area contributed by atoms with Crippen LogP contribution in [-0.2, 0) is 11.2 Å². The molecule has 0 unspecified atom stereocenters. The molecular weight excluding hydrogens is 342 g/mol. The van der Waals surface area contributed by atoms with Gasteiger partial charge in [0.2, 0.25) is 0 Å². The van der Waals surface area contributed by atoms with Crippen LogP contribution in [0.3, 0.4) is 0 Å². The van der Waals surface area contributed by atoms with Crippen molar-refractivity contribution in [1.29, 1.82) is 0 Å². The Labute approximate surface area is 160 Å². The molecule has 3 rings (SSSR count). The van der Waals surface area contributed by atoms with Gasteiger partial charge >= 0.3 is 6.03 Å². The first-order chi connectivity index (χ1) is 13.3. The van der Waals surface area contributed by atoms with E-state index in [4.69, 9.17) is 9.47 Å². The van der Waals surface area contributed by atoms with Gasteiger partial charge in [-0.1, -0.05) is 31.2 Å². The summed E-state index contributed by atoms with van der Waals surface area (Å²) in [6, 6.07) is 15.6. The molecule has 1 aliphatic heterocycles. The van der Waals surface area contributed by atoms with Crippen molar-refractivity contribution < 1.29 is 14.3 Å². The normalized spacial score (nSPS) is 13.9. The maximum absolute atomic E-state index is 12.2. The molecule has 27 heavy (non-hydrogen) atoms. The molecule has 0 atom stereocenters. The molecule has 2 amide bonds. The lowest BCUT2D eigenvalue weighted by atomic mass is 10.2. The molecule has 6 nitrogen and oxygen atoms in total. The van der Waals surface area contributed by atoms with Gasteiger partial charge in [-0.05, 0) is 36.2 Å². The maximum Gasteiger partial charge on any atom is 0.319 e. The molecule has 1 fully saturated rings. The van der Waals surface area contributed by atoms with Crippen LogP contribution in [0.1, 0.15) is 12.5 Å². The van der Waals surface area contributed by atoms with Crippen molar-refractivity contribution in [1.82, 2.24) is 5.32 Å². The highest BCUT2D eigenvalue weighted by atomic mass is 16.5. The van der Waals surface area contributed by atoms with E-state index in [1.165, 1.54) is 5.56 Å². The third-order valence-electron chi connectivity index (χ3n) is 4.49. The minimum Gasteiger partial charge on any atom is -0.492 e. The summed E-state index contributed by atoms with van der Waals surface area (Å²) in [6.45, 7) is 6.03. The van der Waals surface area contributed by atoms with Crippen LogP contribution < -0.4 is 20.3 Å². The van der Waals surface area contributed by atoms with Crippen LogP contribution in [0.15, 0.2) is 48.5 Å². The second-order valence-electron chi connectivity index (χ2n) is 6.34. The quantitative estimate of drug-likeness (QED) is 0.735. The van der Waals surface area contributed by atoms with E-state index in [2.05, 4.69) is 34.6 Å². The number of nitrogens with zero attached hydrogens (tertiary/aromatic N) is 1. The first kappa shape index (κ1) is 19.0. The van der Waals surface area contributed by atoms with E-state index in [0.29, 0.717) is 26.4 Å². The standard InChI is InChI=1S/C21H27N3O3/c1-2-17-7-9-18(10-8-17)27-14-11-22-21(25)23-19-5-3-4-6-20(19)24-12-15-26-16-13-24/h3-10H,2,11-16H2,1H3,(H2,22,23,25). The van der Waals surface area contributed by atoms with E-state index in [1.54, 1.807) is 0 Å². The highest BCUT2D eigenvalue weighted by Gasteiger charge is 2.15. The highest BCUT2D eigenvalue weighted by molar-refractivity contribution is 5.93. The number of rotatable bonds is 7. The summed E-state index contributed by atoms with van der Waals surface area (Å²) >= 11 is 0. The molecule has 1 heterocycles. The number of carbonyl (C=O) groups is 1. The van der Waals surface area contributed by atoms with Crippen molar-refractivity contribution in [2.45, 2.75) is 13.3 Å². The Hall–Kier alpha value is -2.73. The average molecular weight is 369 g/mol. The third-order valence-corrected chi connectivity index (χ3v) is 4.49.